The van der Waals surface area contributed by atoms with Crippen molar-refractivity contribution in [2.24, 2.45) is 0 Å². The minimum atomic E-state index is -3.71. The molecule has 1 heterocycles. The van der Waals surface area contributed by atoms with Gasteiger partial charge in [-0.3, -0.25) is 9.10 Å². The monoisotopic (exact) mass is 506 g/mol. The van der Waals surface area contributed by atoms with Gasteiger partial charge in [0.1, 0.15) is 0 Å². The van der Waals surface area contributed by atoms with E-state index in [2.05, 4.69) is 17.4 Å². The molecule has 1 aromatic heterocycles. The second kappa shape index (κ2) is 9.84. The van der Waals surface area contributed by atoms with E-state index in [1.807, 2.05) is 58.9 Å². The number of carbonyl (C=O) groups is 1. The van der Waals surface area contributed by atoms with E-state index in [-0.39, 0.29) is 10.8 Å². The average molecular weight is 507 g/mol. The van der Waals surface area contributed by atoms with E-state index in [1.165, 1.54) is 15.6 Å². The number of hydrogen-bond donors (Lipinski definition) is 1. The summed E-state index contributed by atoms with van der Waals surface area (Å²) in [6.45, 7) is 10.3. The highest BCUT2D eigenvalue weighted by atomic mass is 32.2. The molecular weight excluding hydrogens is 476 g/mol. The molecule has 5 nitrogen and oxygen atoms in total. The lowest BCUT2D eigenvalue weighted by Crippen LogP contribution is -2.31. The number of fused-ring (bicyclic) bond motifs is 1. The Kier molecular flexibility index (Phi) is 7.01. The number of nitrogens with one attached hydrogen (secondary N) is 1. The van der Waals surface area contributed by atoms with Crippen LogP contribution in [0, 0.1) is 27.7 Å². The van der Waals surface area contributed by atoms with E-state index in [0.717, 1.165) is 38.0 Å². The summed E-state index contributed by atoms with van der Waals surface area (Å²) in [4.78, 5) is 13.9. The van der Waals surface area contributed by atoms with Crippen LogP contribution in [0.3, 0.4) is 0 Å². The van der Waals surface area contributed by atoms with Crippen molar-refractivity contribution in [3.63, 3.8) is 0 Å². The number of amides is 1. The summed E-state index contributed by atoms with van der Waals surface area (Å²) in [5.41, 5.74) is 5.63. The van der Waals surface area contributed by atoms with E-state index >= 15 is 0 Å². The van der Waals surface area contributed by atoms with Crippen LogP contribution in [-0.2, 0) is 10.0 Å². The molecule has 4 rings (SSSR count). The molecule has 0 aliphatic carbocycles. The first-order valence-electron chi connectivity index (χ1n) is 11.6. The number of hydrogen-bond acceptors (Lipinski definition) is 4. The third kappa shape index (κ3) is 5.11. The molecule has 182 valence electrons. The van der Waals surface area contributed by atoms with Crippen LogP contribution in [0.2, 0.25) is 0 Å². The third-order valence-corrected chi connectivity index (χ3v) is 8.92. The van der Waals surface area contributed by atoms with Crippen LogP contribution in [0.4, 0.5) is 11.4 Å². The average Bonchev–Trinajstić information content (AvgIpc) is 3.23. The summed E-state index contributed by atoms with van der Waals surface area (Å²) >= 11 is 1.40. The summed E-state index contributed by atoms with van der Waals surface area (Å²) in [6.07, 6.45) is 0.676. The van der Waals surface area contributed by atoms with Crippen molar-refractivity contribution in [1.82, 2.24) is 0 Å². The lowest BCUT2D eigenvalue weighted by Gasteiger charge is -2.24. The van der Waals surface area contributed by atoms with Gasteiger partial charge < -0.3 is 5.32 Å². The van der Waals surface area contributed by atoms with Crippen molar-refractivity contribution in [1.29, 1.82) is 0 Å². The lowest BCUT2D eigenvalue weighted by atomic mass is 10.1. The number of sulfonamides is 1. The predicted octanol–water partition coefficient (Wildman–Crippen LogP) is 6.99. The Morgan fingerprint density at radius 2 is 1.54 bits per heavy atom. The summed E-state index contributed by atoms with van der Waals surface area (Å²) in [6, 6.07) is 18.4. The molecule has 1 N–H and O–H groups in total. The van der Waals surface area contributed by atoms with Gasteiger partial charge in [-0.25, -0.2) is 8.42 Å². The smallest absolute Gasteiger partial charge is 0.265 e. The Morgan fingerprint density at radius 3 is 2.17 bits per heavy atom. The van der Waals surface area contributed by atoms with E-state index in [0.29, 0.717) is 23.5 Å². The molecule has 0 unspecified atom stereocenters. The SMILES string of the molecule is CCCN(c1ccc2sc(C(=O)Nc3c(C)cc(C)cc3C)cc2c1)S(=O)(=O)c1ccc(C)cc1. The summed E-state index contributed by atoms with van der Waals surface area (Å²) in [7, 11) is -3.71. The lowest BCUT2D eigenvalue weighted by molar-refractivity contribution is 0.103. The molecule has 0 spiro atoms. The number of aryl methyl sites for hydroxylation is 4. The number of thiophene rings is 1. The van der Waals surface area contributed by atoms with E-state index in [1.54, 1.807) is 24.3 Å². The van der Waals surface area contributed by atoms with Gasteiger partial charge in [0.25, 0.3) is 15.9 Å². The van der Waals surface area contributed by atoms with Crippen LogP contribution in [0.25, 0.3) is 10.1 Å². The number of benzene rings is 3. The number of carbonyl (C=O) groups excluding carboxylic acids is 1. The molecule has 3 aromatic carbocycles. The van der Waals surface area contributed by atoms with Crippen LogP contribution >= 0.6 is 11.3 Å². The fourth-order valence-electron chi connectivity index (χ4n) is 4.28. The van der Waals surface area contributed by atoms with Crippen molar-refractivity contribution in [3.05, 3.63) is 87.8 Å². The van der Waals surface area contributed by atoms with Crippen molar-refractivity contribution in [3.8, 4) is 0 Å². The fraction of sp³-hybridized carbons (Fsp3) is 0.250. The van der Waals surface area contributed by atoms with Crippen LogP contribution < -0.4 is 9.62 Å². The zero-order valence-electron chi connectivity index (χ0n) is 20.7. The first-order valence-corrected chi connectivity index (χ1v) is 13.9. The van der Waals surface area contributed by atoms with Crippen LogP contribution in [0.5, 0.6) is 0 Å². The Balaban J connectivity index is 1.67. The predicted molar refractivity (Wildman–Crippen MR) is 146 cm³/mol. The number of anilines is 2. The number of nitrogens with zero attached hydrogens (tertiary/aromatic N) is 1. The van der Waals surface area contributed by atoms with Gasteiger partial charge in [-0.1, -0.05) is 42.3 Å². The van der Waals surface area contributed by atoms with E-state index < -0.39 is 10.0 Å². The Bertz CT molecular complexity index is 1480. The van der Waals surface area contributed by atoms with Gasteiger partial charge in [-0.15, -0.1) is 11.3 Å². The van der Waals surface area contributed by atoms with Crippen molar-refractivity contribution in [2.45, 2.75) is 45.9 Å². The first-order chi connectivity index (χ1) is 16.6. The highest BCUT2D eigenvalue weighted by Crippen LogP contribution is 2.33. The Hall–Kier alpha value is -3.16. The third-order valence-electron chi connectivity index (χ3n) is 5.96. The Morgan fingerprint density at radius 1 is 0.886 bits per heavy atom. The molecule has 0 saturated carbocycles. The van der Waals surface area contributed by atoms with Gasteiger partial charge in [-0.2, -0.15) is 0 Å². The fourth-order valence-corrected chi connectivity index (χ4v) is 6.77. The molecule has 4 aromatic rings. The second-order valence-electron chi connectivity index (χ2n) is 8.95. The number of rotatable bonds is 7. The van der Waals surface area contributed by atoms with Gasteiger partial charge in [-0.05, 0) is 87.0 Å². The first kappa shape index (κ1) is 24.9. The molecule has 7 heteroatoms. The minimum Gasteiger partial charge on any atom is -0.321 e. The maximum atomic E-state index is 13.4. The van der Waals surface area contributed by atoms with Gasteiger partial charge in [0.2, 0.25) is 0 Å². The highest BCUT2D eigenvalue weighted by Gasteiger charge is 2.25. The zero-order chi connectivity index (χ0) is 25.3. The summed E-state index contributed by atoms with van der Waals surface area (Å²) in [5, 5.41) is 3.90. The zero-order valence-corrected chi connectivity index (χ0v) is 22.3. The van der Waals surface area contributed by atoms with Crippen LogP contribution in [-0.4, -0.2) is 20.9 Å². The summed E-state index contributed by atoms with van der Waals surface area (Å²) < 4.78 is 29.3. The maximum absolute atomic E-state index is 13.4. The second-order valence-corrected chi connectivity index (χ2v) is 11.9. The van der Waals surface area contributed by atoms with Gasteiger partial charge >= 0.3 is 0 Å². The summed E-state index contributed by atoms with van der Waals surface area (Å²) in [5.74, 6) is -0.166. The van der Waals surface area contributed by atoms with Crippen molar-refractivity contribution in [2.75, 3.05) is 16.2 Å². The molecular formula is C28H30N2O3S2. The standard InChI is InChI=1S/C28H30N2O3S2/c1-6-13-30(35(32,33)24-10-7-18(2)8-11-24)23-9-12-25-22(16-23)17-26(34-25)28(31)29-27-20(4)14-19(3)15-21(27)5/h7-12,14-17H,6,13H2,1-5H3,(H,29,31). The molecule has 0 radical (unpaired) electrons. The maximum Gasteiger partial charge on any atom is 0.265 e. The molecule has 0 saturated heterocycles. The molecule has 35 heavy (non-hydrogen) atoms. The van der Waals surface area contributed by atoms with Crippen LogP contribution in [0.1, 0.15) is 45.3 Å². The normalized spacial score (nSPS) is 11.6. The van der Waals surface area contributed by atoms with Crippen LogP contribution in [0.15, 0.2) is 65.6 Å². The van der Waals surface area contributed by atoms with E-state index in [4.69, 9.17) is 0 Å². The highest BCUT2D eigenvalue weighted by molar-refractivity contribution is 7.92. The molecule has 0 bridgehead atoms. The molecule has 0 aliphatic rings. The van der Waals surface area contributed by atoms with Crippen molar-refractivity contribution < 1.29 is 13.2 Å². The molecule has 1 amide bonds. The van der Waals surface area contributed by atoms with Gasteiger partial charge in [0.05, 0.1) is 15.5 Å². The topological polar surface area (TPSA) is 66.5 Å². The largest absolute Gasteiger partial charge is 0.321 e. The Labute approximate surface area is 211 Å². The van der Waals surface area contributed by atoms with Crippen molar-refractivity contribution >= 4 is 48.7 Å². The molecule has 0 aliphatic heterocycles. The van der Waals surface area contributed by atoms with Gasteiger partial charge in [0.15, 0.2) is 0 Å². The molecule has 0 fully saturated rings. The quantitative estimate of drug-likeness (QED) is 0.294. The van der Waals surface area contributed by atoms with E-state index in [9.17, 15) is 13.2 Å². The molecule has 0 atom stereocenters. The van der Waals surface area contributed by atoms with Gasteiger partial charge in [0, 0.05) is 16.9 Å². The minimum absolute atomic E-state index is 0.166.